The maximum atomic E-state index is 12.7. The van der Waals surface area contributed by atoms with Crippen LogP contribution in [0.5, 0.6) is 11.5 Å². The molecule has 1 heterocycles. The van der Waals surface area contributed by atoms with Gasteiger partial charge in [-0.15, -0.1) is 0 Å². The van der Waals surface area contributed by atoms with Crippen molar-refractivity contribution in [2.75, 3.05) is 13.7 Å². The van der Waals surface area contributed by atoms with E-state index < -0.39 is 5.91 Å². The quantitative estimate of drug-likeness (QED) is 0.569. The summed E-state index contributed by atoms with van der Waals surface area (Å²) in [7, 11) is 1.47. The van der Waals surface area contributed by atoms with Gasteiger partial charge in [0.05, 0.1) is 18.6 Å². The van der Waals surface area contributed by atoms with Gasteiger partial charge in [0.25, 0.3) is 11.1 Å². The largest absolute Gasteiger partial charge is 0.493 e. The van der Waals surface area contributed by atoms with E-state index in [4.69, 9.17) is 37.9 Å². The number of nitrogens with zero attached hydrogens (tertiary/aromatic N) is 2. The Kier molecular flexibility index (Phi) is 6.70. The van der Waals surface area contributed by atoms with Gasteiger partial charge >= 0.3 is 0 Å². The van der Waals surface area contributed by atoms with Crippen molar-refractivity contribution in [1.82, 2.24) is 4.90 Å². The molecule has 29 heavy (non-hydrogen) atoms. The summed E-state index contributed by atoms with van der Waals surface area (Å²) in [5.74, 6) is 0.424. The van der Waals surface area contributed by atoms with E-state index in [9.17, 15) is 9.59 Å². The number of thioether (sulfide) groups is 1. The number of hydrogen-bond donors (Lipinski definition) is 0. The van der Waals surface area contributed by atoms with Crippen molar-refractivity contribution in [2.45, 2.75) is 6.54 Å². The highest BCUT2D eigenvalue weighted by atomic mass is 35.5. The summed E-state index contributed by atoms with van der Waals surface area (Å²) in [5.41, 5.74) is 1.28. The molecule has 6 nitrogen and oxygen atoms in total. The molecule has 3 rings (SSSR count). The number of hydrogen-bond acceptors (Lipinski definition) is 6. The van der Waals surface area contributed by atoms with Crippen LogP contribution in [0.1, 0.15) is 11.1 Å². The zero-order valence-corrected chi connectivity index (χ0v) is 17.5. The van der Waals surface area contributed by atoms with Crippen LogP contribution in [-0.2, 0) is 11.3 Å². The van der Waals surface area contributed by atoms with Crippen molar-refractivity contribution in [3.05, 3.63) is 62.5 Å². The Labute approximate surface area is 181 Å². The zero-order valence-electron chi connectivity index (χ0n) is 15.1. The van der Waals surface area contributed by atoms with Gasteiger partial charge in [0.2, 0.25) is 0 Å². The first-order chi connectivity index (χ1) is 13.9. The predicted octanol–water partition coefficient (Wildman–Crippen LogP) is 5.14. The molecular formula is C20H14Cl2N2O4S. The maximum absolute atomic E-state index is 12.7. The molecule has 0 aliphatic carbocycles. The van der Waals surface area contributed by atoms with Gasteiger partial charge in [-0.05, 0) is 53.2 Å². The molecule has 2 amide bonds. The smallest absolute Gasteiger partial charge is 0.293 e. The molecule has 1 fully saturated rings. The Balaban J connectivity index is 1.81. The normalized spacial score (nSPS) is 15.0. The van der Waals surface area contributed by atoms with Crippen molar-refractivity contribution in [1.29, 1.82) is 5.26 Å². The Morgan fingerprint density at radius 1 is 1.17 bits per heavy atom. The first-order valence-electron chi connectivity index (χ1n) is 8.30. The Hall–Kier alpha value is -2.66. The molecule has 9 heteroatoms. The summed E-state index contributed by atoms with van der Waals surface area (Å²) >= 11 is 12.9. The number of halogens is 2. The Morgan fingerprint density at radius 3 is 2.66 bits per heavy atom. The lowest BCUT2D eigenvalue weighted by atomic mass is 10.1. The van der Waals surface area contributed by atoms with Gasteiger partial charge in [-0.3, -0.25) is 14.5 Å². The molecule has 0 atom stereocenters. The fourth-order valence-electron chi connectivity index (χ4n) is 2.61. The van der Waals surface area contributed by atoms with E-state index in [1.54, 1.807) is 42.5 Å². The molecule has 1 saturated heterocycles. The van der Waals surface area contributed by atoms with Gasteiger partial charge in [-0.25, -0.2) is 0 Å². The second-order valence-electron chi connectivity index (χ2n) is 5.86. The first kappa shape index (κ1) is 21.1. The number of imide groups is 1. The average molecular weight is 449 g/mol. The number of rotatable bonds is 6. The maximum Gasteiger partial charge on any atom is 0.293 e. The number of carbonyl (C=O) groups excluding carboxylic acids is 2. The van der Waals surface area contributed by atoms with Crippen LogP contribution < -0.4 is 9.47 Å². The topological polar surface area (TPSA) is 79.6 Å². The van der Waals surface area contributed by atoms with Crippen LogP contribution in [0.2, 0.25) is 10.0 Å². The van der Waals surface area contributed by atoms with E-state index >= 15 is 0 Å². The molecule has 0 bridgehead atoms. The number of ether oxygens (including phenoxy) is 2. The van der Waals surface area contributed by atoms with Gasteiger partial charge in [0, 0.05) is 10.0 Å². The predicted molar refractivity (Wildman–Crippen MR) is 112 cm³/mol. The number of amides is 2. The molecular weight excluding hydrogens is 435 g/mol. The fraction of sp³-hybridized carbons (Fsp3) is 0.150. The van der Waals surface area contributed by atoms with Crippen LogP contribution in [0.4, 0.5) is 4.79 Å². The molecule has 0 N–H and O–H groups in total. The second-order valence-corrected chi connectivity index (χ2v) is 7.70. The van der Waals surface area contributed by atoms with E-state index in [-0.39, 0.29) is 23.3 Å². The summed E-state index contributed by atoms with van der Waals surface area (Å²) < 4.78 is 10.5. The lowest BCUT2D eigenvalue weighted by molar-refractivity contribution is -0.123. The van der Waals surface area contributed by atoms with Gasteiger partial charge in [0.15, 0.2) is 18.1 Å². The standard InChI is InChI=1S/C20H14Cl2N2O4S/c1-27-17-8-12(2-5-16(17)28-7-6-23)9-18-19(25)24(20(26)29-18)11-13-3-4-14(21)10-15(13)22/h2-5,8-10H,7,11H2,1H3/b18-9-. The molecule has 0 spiro atoms. The lowest BCUT2D eigenvalue weighted by Gasteiger charge is -2.13. The van der Waals surface area contributed by atoms with Crippen LogP contribution >= 0.6 is 35.0 Å². The fourth-order valence-corrected chi connectivity index (χ4v) is 3.92. The minimum atomic E-state index is -0.408. The molecule has 0 aromatic heterocycles. The number of nitriles is 1. The molecule has 0 saturated carbocycles. The highest BCUT2D eigenvalue weighted by molar-refractivity contribution is 8.18. The third kappa shape index (κ3) is 4.85. The Morgan fingerprint density at radius 2 is 1.97 bits per heavy atom. The summed E-state index contributed by atoms with van der Waals surface area (Å²) in [6.07, 6.45) is 1.60. The van der Waals surface area contributed by atoms with Crippen LogP contribution in [0, 0.1) is 11.3 Å². The molecule has 2 aromatic rings. The van der Waals surface area contributed by atoms with E-state index in [2.05, 4.69) is 0 Å². The van der Waals surface area contributed by atoms with Gasteiger partial charge in [0.1, 0.15) is 6.07 Å². The molecule has 0 unspecified atom stereocenters. The highest BCUT2D eigenvalue weighted by Gasteiger charge is 2.35. The third-order valence-electron chi connectivity index (χ3n) is 3.99. The van der Waals surface area contributed by atoms with Gasteiger partial charge < -0.3 is 9.47 Å². The molecule has 0 radical (unpaired) electrons. The lowest BCUT2D eigenvalue weighted by Crippen LogP contribution is -2.27. The van der Waals surface area contributed by atoms with Crippen molar-refractivity contribution in [3.63, 3.8) is 0 Å². The highest BCUT2D eigenvalue weighted by Crippen LogP contribution is 2.36. The SMILES string of the molecule is COc1cc(/C=C2\SC(=O)N(Cc3ccc(Cl)cc3Cl)C2=O)ccc1OCC#N. The first-order valence-corrected chi connectivity index (χ1v) is 9.87. The number of benzene rings is 2. The molecule has 1 aliphatic heterocycles. The molecule has 148 valence electrons. The van der Waals surface area contributed by atoms with E-state index in [0.29, 0.717) is 32.7 Å². The summed E-state index contributed by atoms with van der Waals surface area (Å²) in [6.45, 7) is -0.0515. The summed E-state index contributed by atoms with van der Waals surface area (Å²) in [4.78, 5) is 26.5. The summed E-state index contributed by atoms with van der Waals surface area (Å²) in [5, 5.41) is 9.12. The zero-order chi connectivity index (χ0) is 21.0. The van der Waals surface area contributed by atoms with E-state index in [1.165, 1.54) is 7.11 Å². The Bertz CT molecular complexity index is 1050. The van der Waals surface area contributed by atoms with Crippen molar-refractivity contribution >= 4 is 52.2 Å². The number of carbonyl (C=O) groups is 2. The minimum Gasteiger partial charge on any atom is -0.493 e. The van der Waals surface area contributed by atoms with Gasteiger partial charge in [-0.1, -0.05) is 35.3 Å². The molecule has 2 aromatic carbocycles. The van der Waals surface area contributed by atoms with Crippen LogP contribution in [0.25, 0.3) is 6.08 Å². The van der Waals surface area contributed by atoms with E-state index in [0.717, 1.165) is 16.7 Å². The van der Waals surface area contributed by atoms with Crippen LogP contribution in [-0.4, -0.2) is 29.8 Å². The van der Waals surface area contributed by atoms with E-state index in [1.807, 2.05) is 6.07 Å². The summed E-state index contributed by atoms with van der Waals surface area (Å²) in [6, 6.07) is 11.8. The van der Waals surface area contributed by atoms with Crippen LogP contribution in [0.15, 0.2) is 41.3 Å². The second kappa shape index (κ2) is 9.23. The van der Waals surface area contributed by atoms with Crippen molar-refractivity contribution in [2.24, 2.45) is 0 Å². The average Bonchev–Trinajstić information content (AvgIpc) is 2.96. The minimum absolute atomic E-state index is 0.0578. The molecule has 1 aliphatic rings. The van der Waals surface area contributed by atoms with Crippen LogP contribution in [0.3, 0.4) is 0 Å². The van der Waals surface area contributed by atoms with Crippen molar-refractivity contribution < 1.29 is 19.1 Å². The number of methoxy groups -OCH3 is 1. The third-order valence-corrected chi connectivity index (χ3v) is 5.49. The van der Waals surface area contributed by atoms with Crippen molar-refractivity contribution in [3.8, 4) is 17.6 Å². The van der Waals surface area contributed by atoms with Gasteiger partial charge in [-0.2, -0.15) is 5.26 Å². The monoisotopic (exact) mass is 448 g/mol.